The molecule has 12 heavy (non-hydrogen) atoms. The van der Waals surface area contributed by atoms with E-state index in [-0.39, 0.29) is 5.91 Å². The highest BCUT2D eigenvalue weighted by atomic mass is 16.1. The number of hydrogen-bond acceptors (Lipinski definition) is 1. The van der Waals surface area contributed by atoms with Crippen molar-refractivity contribution in [2.45, 2.75) is 39.5 Å². The van der Waals surface area contributed by atoms with Crippen molar-refractivity contribution >= 4 is 5.91 Å². The van der Waals surface area contributed by atoms with Gasteiger partial charge in [-0.1, -0.05) is 26.0 Å². The predicted molar refractivity (Wildman–Crippen MR) is 51.6 cm³/mol. The summed E-state index contributed by atoms with van der Waals surface area (Å²) in [7, 11) is 0. The van der Waals surface area contributed by atoms with Crippen LogP contribution in [0.3, 0.4) is 0 Å². The Morgan fingerprint density at radius 2 is 2.08 bits per heavy atom. The van der Waals surface area contributed by atoms with E-state index in [0.717, 1.165) is 19.3 Å². The van der Waals surface area contributed by atoms with Gasteiger partial charge in [-0.3, -0.25) is 4.79 Å². The molecule has 0 aromatic heterocycles. The zero-order valence-electron chi connectivity index (χ0n) is 8.05. The van der Waals surface area contributed by atoms with Crippen LogP contribution in [0.4, 0.5) is 0 Å². The van der Waals surface area contributed by atoms with E-state index >= 15 is 0 Å². The summed E-state index contributed by atoms with van der Waals surface area (Å²) in [4.78, 5) is 10.3. The van der Waals surface area contributed by atoms with Gasteiger partial charge in [0.15, 0.2) is 0 Å². The molecule has 2 nitrogen and oxygen atoms in total. The highest BCUT2D eigenvalue weighted by Crippen LogP contribution is 2.02. The van der Waals surface area contributed by atoms with Crippen LogP contribution >= 0.6 is 0 Å². The standard InChI is InChI=1S/C10H19NO/c1-9(2)7-5-3-4-6-8-10(11)12/h5,7,9H,3-4,6,8H2,1-2H3,(H2,11,12)/b7-5-. The molecule has 0 rings (SSSR count). The Hall–Kier alpha value is -0.790. The number of carbonyl (C=O) groups excluding carboxylic acids is 1. The summed E-state index contributed by atoms with van der Waals surface area (Å²) in [5, 5.41) is 0. The Bertz CT molecular complexity index is 150. The van der Waals surface area contributed by atoms with Crippen LogP contribution in [0.25, 0.3) is 0 Å². The summed E-state index contributed by atoms with van der Waals surface area (Å²) in [5.41, 5.74) is 5.00. The maximum Gasteiger partial charge on any atom is 0.217 e. The molecule has 0 fully saturated rings. The molecule has 0 aromatic carbocycles. The molecule has 1 amide bonds. The monoisotopic (exact) mass is 169 g/mol. The average Bonchev–Trinajstić information content (AvgIpc) is 1.95. The van der Waals surface area contributed by atoms with E-state index in [9.17, 15) is 4.79 Å². The molecular formula is C10H19NO. The minimum Gasteiger partial charge on any atom is -0.370 e. The molecule has 2 heteroatoms. The van der Waals surface area contributed by atoms with Crippen molar-refractivity contribution in [2.24, 2.45) is 11.7 Å². The van der Waals surface area contributed by atoms with Gasteiger partial charge in [0, 0.05) is 6.42 Å². The van der Waals surface area contributed by atoms with E-state index in [4.69, 9.17) is 5.73 Å². The third-order valence-corrected chi connectivity index (χ3v) is 1.56. The van der Waals surface area contributed by atoms with Crippen LogP contribution in [-0.2, 0) is 4.79 Å². The summed E-state index contributed by atoms with van der Waals surface area (Å²) < 4.78 is 0. The number of unbranched alkanes of at least 4 members (excludes halogenated alkanes) is 2. The molecule has 0 aliphatic carbocycles. The van der Waals surface area contributed by atoms with E-state index in [2.05, 4.69) is 26.0 Å². The zero-order chi connectivity index (χ0) is 9.40. The van der Waals surface area contributed by atoms with E-state index in [0.29, 0.717) is 12.3 Å². The molecule has 0 aromatic rings. The van der Waals surface area contributed by atoms with Gasteiger partial charge in [-0.25, -0.2) is 0 Å². The van der Waals surface area contributed by atoms with Gasteiger partial charge in [0.2, 0.25) is 5.91 Å². The molecule has 0 unspecified atom stereocenters. The molecule has 0 aliphatic rings. The molecule has 2 N–H and O–H groups in total. The van der Waals surface area contributed by atoms with Crippen molar-refractivity contribution in [3.8, 4) is 0 Å². The summed E-state index contributed by atoms with van der Waals surface area (Å²) in [6, 6.07) is 0. The molecule has 0 radical (unpaired) electrons. The van der Waals surface area contributed by atoms with E-state index in [1.54, 1.807) is 0 Å². The molecule has 0 heterocycles. The SMILES string of the molecule is CC(C)/C=C\CCCCC(N)=O. The smallest absolute Gasteiger partial charge is 0.217 e. The van der Waals surface area contributed by atoms with Gasteiger partial charge in [0.1, 0.15) is 0 Å². The molecule has 70 valence electrons. The van der Waals surface area contributed by atoms with Crippen LogP contribution in [-0.4, -0.2) is 5.91 Å². The lowest BCUT2D eigenvalue weighted by Crippen LogP contribution is -2.09. The van der Waals surface area contributed by atoms with Crippen LogP contribution in [0, 0.1) is 5.92 Å². The first kappa shape index (κ1) is 11.2. The fraction of sp³-hybridized carbons (Fsp3) is 0.700. The lowest BCUT2D eigenvalue weighted by atomic mass is 10.1. The fourth-order valence-corrected chi connectivity index (χ4v) is 0.930. The topological polar surface area (TPSA) is 43.1 Å². The number of rotatable bonds is 6. The van der Waals surface area contributed by atoms with Crippen molar-refractivity contribution in [1.82, 2.24) is 0 Å². The number of amides is 1. The Morgan fingerprint density at radius 1 is 1.42 bits per heavy atom. The average molecular weight is 169 g/mol. The highest BCUT2D eigenvalue weighted by molar-refractivity contribution is 5.73. The lowest BCUT2D eigenvalue weighted by molar-refractivity contribution is -0.118. The van der Waals surface area contributed by atoms with Gasteiger partial charge in [-0.05, 0) is 25.2 Å². The second-order valence-electron chi connectivity index (χ2n) is 3.38. The molecule has 0 spiro atoms. The van der Waals surface area contributed by atoms with Crippen LogP contribution in [0.2, 0.25) is 0 Å². The highest BCUT2D eigenvalue weighted by Gasteiger charge is 1.92. The van der Waals surface area contributed by atoms with E-state index < -0.39 is 0 Å². The second-order valence-corrected chi connectivity index (χ2v) is 3.38. The maximum absolute atomic E-state index is 10.3. The molecule has 0 saturated carbocycles. The van der Waals surface area contributed by atoms with Crippen LogP contribution < -0.4 is 5.73 Å². The van der Waals surface area contributed by atoms with Gasteiger partial charge >= 0.3 is 0 Å². The van der Waals surface area contributed by atoms with Crippen molar-refractivity contribution in [3.63, 3.8) is 0 Å². The molecule has 0 atom stereocenters. The third kappa shape index (κ3) is 9.21. The molecular weight excluding hydrogens is 150 g/mol. The van der Waals surface area contributed by atoms with Gasteiger partial charge in [0.05, 0.1) is 0 Å². The van der Waals surface area contributed by atoms with Gasteiger partial charge in [-0.2, -0.15) is 0 Å². The Balaban J connectivity index is 3.16. The molecule has 0 saturated heterocycles. The summed E-state index contributed by atoms with van der Waals surface area (Å²) in [5.74, 6) is 0.434. The quantitative estimate of drug-likeness (QED) is 0.481. The minimum absolute atomic E-state index is 0.192. The number of primary amides is 1. The van der Waals surface area contributed by atoms with Crippen LogP contribution in [0.5, 0.6) is 0 Å². The van der Waals surface area contributed by atoms with Crippen LogP contribution in [0.1, 0.15) is 39.5 Å². The zero-order valence-corrected chi connectivity index (χ0v) is 8.05. The van der Waals surface area contributed by atoms with Gasteiger partial charge in [0.25, 0.3) is 0 Å². The van der Waals surface area contributed by atoms with Gasteiger partial charge in [-0.15, -0.1) is 0 Å². The number of carbonyl (C=O) groups is 1. The Labute approximate surface area is 74.8 Å². The van der Waals surface area contributed by atoms with E-state index in [1.807, 2.05) is 0 Å². The maximum atomic E-state index is 10.3. The largest absolute Gasteiger partial charge is 0.370 e. The van der Waals surface area contributed by atoms with Gasteiger partial charge < -0.3 is 5.73 Å². The third-order valence-electron chi connectivity index (χ3n) is 1.56. The van der Waals surface area contributed by atoms with Crippen molar-refractivity contribution in [1.29, 1.82) is 0 Å². The molecule has 0 bridgehead atoms. The van der Waals surface area contributed by atoms with Crippen LogP contribution in [0.15, 0.2) is 12.2 Å². The molecule has 0 aliphatic heterocycles. The second kappa shape index (κ2) is 6.89. The first-order valence-corrected chi connectivity index (χ1v) is 4.58. The Kier molecular flexibility index (Phi) is 6.44. The first-order chi connectivity index (χ1) is 5.63. The number of hydrogen-bond donors (Lipinski definition) is 1. The summed E-state index contributed by atoms with van der Waals surface area (Å²) in [6.07, 6.45) is 7.92. The summed E-state index contributed by atoms with van der Waals surface area (Å²) >= 11 is 0. The van der Waals surface area contributed by atoms with Crippen molar-refractivity contribution in [2.75, 3.05) is 0 Å². The normalized spacial score (nSPS) is 11.2. The summed E-state index contributed by atoms with van der Waals surface area (Å²) in [6.45, 7) is 4.31. The number of nitrogens with two attached hydrogens (primary N) is 1. The predicted octanol–water partition coefficient (Wildman–Crippen LogP) is 2.24. The number of allylic oxidation sites excluding steroid dienone is 2. The Morgan fingerprint density at radius 3 is 2.58 bits per heavy atom. The van der Waals surface area contributed by atoms with E-state index in [1.165, 1.54) is 0 Å². The van der Waals surface area contributed by atoms with Crippen molar-refractivity contribution in [3.05, 3.63) is 12.2 Å². The fourth-order valence-electron chi connectivity index (χ4n) is 0.930. The lowest BCUT2D eigenvalue weighted by Gasteiger charge is -1.95. The first-order valence-electron chi connectivity index (χ1n) is 4.58. The minimum atomic E-state index is -0.192. The van der Waals surface area contributed by atoms with Crippen molar-refractivity contribution < 1.29 is 4.79 Å².